The zero-order chi connectivity index (χ0) is 22.6. The van der Waals surface area contributed by atoms with E-state index in [1.54, 1.807) is 20.8 Å². The number of hydrogen-bond donors (Lipinski definition) is 0. The number of halogens is 2. The maximum atomic E-state index is 14.6. The molecule has 0 N–H and O–H groups in total. The minimum atomic E-state index is -1.08. The van der Waals surface area contributed by atoms with Crippen molar-refractivity contribution >= 4 is 24.6 Å². The first-order chi connectivity index (χ1) is 13.6. The summed E-state index contributed by atoms with van der Waals surface area (Å²) in [5.74, 6) is -3.01. The Morgan fingerprint density at radius 3 is 2.27 bits per heavy atom. The van der Waals surface area contributed by atoms with Crippen molar-refractivity contribution in [2.75, 3.05) is 6.54 Å². The Balaban J connectivity index is 1.87. The first kappa shape index (κ1) is 22.7. The number of amides is 2. The van der Waals surface area contributed by atoms with Gasteiger partial charge in [0, 0.05) is 24.3 Å². The summed E-state index contributed by atoms with van der Waals surface area (Å²) >= 11 is 0. The number of ether oxygens (including phenoxy) is 1. The lowest BCUT2D eigenvalue weighted by molar-refractivity contribution is -0.126. The molecule has 0 radical (unpaired) electrons. The van der Waals surface area contributed by atoms with Crippen molar-refractivity contribution < 1.29 is 32.4 Å². The highest BCUT2D eigenvalue weighted by Gasteiger charge is 2.53. The van der Waals surface area contributed by atoms with Gasteiger partial charge in [-0.1, -0.05) is 6.07 Å². The molecule has 1 aromatic carbocycles. The van der Waals surface area contributed by atoms with Gasteiger partial charge in [0.2, 0.25) is 5.91 Å². The molecular weight excluding hydrogens is 395 g/mol. The summed E-state index contributed by atoms with van der Waals surface area (Å²) in [6.07, 6.45) is -0.753. The third-order valence-electron chi connectivity index (χ3n) is 5.80. The summed E-state index contributed by atoms with van der Waals surface area (Å²) in [5.41, 5.74) is -1.84. The molecule has 2 aliphatic heterocycles. The van der Waals surface area contributed by atoms with Crippen molar-refractivity contribution in [2.45, 2.75) is 77.6 Å². The number of rotatable bonds is 2. The summed E-state index contributed by atoms with van der Waals surface area (Å²) in [6.45, 7) is 12.4. The van der Waals surface area contributed by atoms with Gasteiger partial charge in [0.15, 0.2) is 11.6 Å². The van der Waals surface area contributed by atoms with Crippen LogP contribution in [0.25, 0.3) is 0 Å². The molecule has 2 saturated heterocycles. The summed E-state index contributed by atoms with van der Waals surface area (Å²) in [6, 6.07) is 2.51. The standard InChI is InChI=1S/C21H28BF2NO5/c1-19(2,3)28-18(27)25-11-13(10-16(25)26)12-8-14(17(24)15(23)9-12)22-29-20(4,5)21(6,7)30-22/h8-9,13H,10-11H2,1-7H3. The SMILES string of the molecule is CC(C)(C)OC(=O)N1CC(c2cc(F)c(F)c(B3OC(C)(C)C(C)(C)O3)c2)CC1=O. The van der Waals surface area contributed by atoms with Crippen LogP contribution in [0.3, 0.4) is 0 Å². The van der Waals surface area contributed by atoms with Crippen LogP contribution in [-0.4, -0.2) is 47.4 Å². The summed E-state index contributed by atoms with van der Waals surface area (Å²) < 4.78 is 46.0. The van der Waals surface area contributed by atoms with Crippen LogP contribution >= 0.6 is 0 Å². The average Bonchev–Trinajstić information content (AvgIpc) is 3.05. The zero-order valence-corrected chi connectivity index (χ0v) is 18.5. The predicted octanol–water partition coefficient (Wildman–Crippen LogP) is 3.52. The van der Waals surface area contributed by atoms with Crippen molar-refractivity contribution in [3.63, 3.8) is 0 Å². The van der Waals surface area contributed by atoms with Gasteiger partial charge in [-0.3, -0.25) is 4.79 Å². The topological polar surface area (TPSA) is 65.1 Å². The van der Waals surface area contributed by atoms with E-state index in [1.807, 2.05) is 27.7 Å². The molecule has 164 valence electrons. The van der Waals surface area contributed by atoms with Crippen molar-refractivity contribution in [3.8, 4) is 0 Å². The van der Waals surface area contributed by atoms with Crippen molar-refractivity contribution in [3.05, 3.63) is 29.3 Å². The Labute approximate surface area is 176 Å². The molecule has 2 amide bonds. The predicted molar refractivity (Wildman–Crippen MR) is 107 cm³/mol. The second-order valence-corrected chi connectivity index (χ2v) is 9.88. The van der Waals surface area contributed by atoms with E-state index in [1.165, 1.54) is 6.07 Å². The van der Waals surface area contributed by atoms with E-state index in [4.69, 9.17) is 14.0 Å². The van der Waals surface area contributed by atoms with E-state index in [-0.39, 0.29) is 18.4 Å². The van der Waals surface area contributed by atoms with E-state index in [2.05, 4.69) is 0 Å². The van der Waals surface area contributed by atoms with Gasteiger partial charge < -0.3 is 14.0 Å². The lowest BCUT2D eigenvalue weighted by atomic mass is 9.76. The molecule has 1 unspecified atom stereocenters. The molecule has 0 saturated carbocycles. The normalized spacial score (nSPS) is 23.2. The molecule has 0 aromatic heterocycles. The molecule has 2 aliphatic rings. The first-order valence-electron chi connectivity index (χ1n) is 9.99. The van der Waals surface area contributed by atoms with Gasteiger partial charge in [-0.25, -0.2) is 18.5 Å². The summed E-state index contributed by atoms with van der Waals surface area (Å²) in [7, 11) is -1.08. The van der Waals surface area contributed by atoms with Crippen molar-refractivity contribution in [2.24, 2.45) is 0 Å². The summed E-state index contributed by atoms with van der Waals surface area (Å²) in [4.78, 5) is 25.7. The fourth-order valence-corrected chi connectivity index (χ4v) is 3.43. The van der Waals surface area contributed by atoms with Crippen LogP contribution in [0.5, 0.6) is 0 Å². The van der Waals surface area contributed by atoms with Crippen LogP contribution < -0.4 is 5.46 Å². The molecule has 6 nitrogen and oxygen atoms in total. The molecule has 30 heavy (non-hydrogen) atoms. The molecule has 0 spiro atoms. The van der Waals surface area contributed by atoms with E-state index < -0.39 is 53.5 Å². The smallest absolute Gasteiger partial charge is 0.443 e. The fourth-order valence-electron chi connectivity index (χ4n) is 3.43. The molecule has 1 aromatic rings. The molecule has 9 heteroatoms. The number of benzene rings is 1. The molecular formula is C21H28BF2NO5. The highest BCUT2D eigenvalue weighted by Crippen LogP contribution is 2.37. The minimum absolute atomic E-state index is 0.00682. The van der Waals surface area contributed by atoms with Crippen molar-refractivity contribution in [1.82, 2.24) is 4.90 Å². The second-order valence-electron chi connectivity index (χ2n) is 9.88. The van der Waals surface area contributed by atoms with E-state index in [9.17, 15) is 18.4 Å². The molecule has 1 atom stereocenters. The van der Waals surface area contributed by atoms with Gasteiger partial charge >= 0.3 is 13.2 Å². The highest BCUT2D eigenvalue weighted by atomic mass is 19.2. The average molecular weight is 423 g/mol. The molecule has 0 bridgehead atoms. The van der Waals surface area contributed by atoms with Crippen LogP contribution in [0.1, 0.15) is 66.4 Å². The molecule has 2 fully saturated rings. The van der Waals surface area contributed by atoms with Gasteiger partial charge in [0.25, 0.3) is 0 Å². The van der Waals surface area contributed by atoms with Gasteiger partial charge in [0.1, 0.15) is 5.60 Å². The Kier molecular flexibility index (Phi) is 5.52. The molecule has 3 rings (SSSR count). The maximum Gasteiger partial charge on any atom is 0.497 e. The largest absolute Gasteiger partial charge is 0.497 e. The molecule has 0 aliphatic carbocycles. The quantitative estimate of drug-likeness (QED) is 0.682. The number of carbonyl (C=O) groups is 2. The number of hydrogen-bond acceptors (Lipinski definition) is 5. The lowest BCUT2D eigenvalue weighted by Gasteiger charge is -2.32. The Hall–Kier alpha value is -2.00. The Morgan fingerprint density at radius 2 is 1.73 bits per heavy atom. The van der Waals surface area contributed by atoms with Gasteiger partial charge in [-0.05, 0) is 60.1 Å². The number of nitrogens with zero attached hydrogens (tertiary/aromatic N) is 1. The summed E-state index contributed by atoms with van der Waals surface area (Å²) in [5, 5.41) is 0. The number of carbonyl (C=O) groups excluding carboxylic acids is 2. The number of likely N-dealkylation sites (tertiary alicyclic amines) is 1. The lowest BCUT2D eigenvalue weighted by Crippen LogP contribution is -2.41. The minimum Gasteiger partial charge on any atom is -0.443 e. The van der Waals surface area contributed by atoms with Crippen LogP contribution in [0.2, 0.25) is 0 Å². The second kappa shape index (κ2) is 7.30. The highest BCUT2D eigenvalue weighted by molar-refractivity contribution is 6.62. The van der Waals surface area contributed by atoms with Crippen LogP contribution in [-0.2, 0) is 18.8 Å². The van der Waals surface area contributed by atoms with E-state index >= 15 is 0 Å². The van der Waals surface area contributed by atoms with Crippen LogP contribution in [0.4, 0.5) is 13.6 Å². The van der Waals surface area contributed by atoms with E-state index in [0.717, 1.165) is 11.0 Å². The van der Waals surface area contributed by atoms with E-state index in [0.29, 0.717) is 5.56 Å². The fraction of sp³-hybridized carbons (Fsp3) is 0.619. The molecule has 2 heterocycles. The number of imide groups is 1. The third kappa shape index (κ3) is 4.23. The van der Waals surface area contributed by atoms with Crippen LogP contribution in [0, 0.1) is 11.6 Å². The monoisotopic (exact) mass is 423 g/mol. The van der Waals surface area contributed by atoms with Crippen molar-refractivity contribution in [1.29, 1.82) is 0 Å². The van der Waals surface area contributed by atoms with Crippen LogP contribution in [0.15, 0.2) is 12.1 Å². The van der Waals surface area contributed by atoms with Gasteiger partial charge in [-0.2, -0.15) is 0 Å². The Morgan fingerprint density at radius 1 is 1.17 bits per heavy atom. The van der Waals surface area contributed by atoms with Gasteiger partial charge in [-0.15, -0.1) is 0 Å². The van der Waals surface area contributed by atoms with Gasteiger partial charge in [0.05, 0.1) is 11.2 Å². The maximum absolute atomic E-state index is 14.6. The Bertz CT molecular complexity index is 865. The zero-order valence-electron chi connectivity index (χ0n) is 18.5. The first-order valence-corrected chi connectivity index (χ1v) is 9.99. The third-order valence-corrected chi connectivity index (χ3v) is 5.80.